The number of rotatable bonds is 1. The highest BCUT2D eigenvalue weighted by atomic mass is 16.8. The van der Waals surface area contributed by atoms with E-state index in [0.29, 0.717) is 13.2 Å². The number of carbonyl (C=O) groups excluding carboxylic acids is 1. The van der Waals surface area contributed by atoms with E-state index in [2.05, 4.69) is 4.74 Å². The van der Waals surface area contributed by atoms with Crippen LogP contribution in [-0.2, 0) is 18.9 Å². The van der Waals surface area contributed by atoms with Crippen LogP contribution in [0.25, 0.3) is 0 Å². The summed E-state index contributed by atoms with van der Waals surface area (Å²) in [5.74, 6) is -0.587. The van der Waals surface area contributed by atoms with Gasteiger partial charge in [0.05, 0.1) is 20.3 Å². The van der Waals surface area contributed by atoms with Crippen molar-refractivity contribution in [3.8, 4) is 0 Å². The molecular formula is C8H14O5. The maximum absolute atomic E-state index is 10.7. The molecule has 0 aromatic heterocycles. The van der Waals surface area contributed by atoms with Crippen molar-refractivity contribution in [2.45, 2.75) is 25.7 Å². The van der Waals surface area contributed by atoms with Crippen LogP contribution < -0.4 is 0 Å². The molecule has 1 saturated heterocycles. The quantitative estimate of drug-likeness (QED) is 0.575. The van der Waals surface area contributed by atoms with Crippen LogP contribution >= 0.6 is 0 Å². The van der Waals surface area contributed by atoms with E-state index < -0.39 is 11.9 Å². The number of methoxy groups -OCH3 is 1. The largest absolute Gasteiger partial charge is 0.508 e. The Labute approximate surface area is 76.9 Å². The van der Waals surface area contributed by atoms with Gasteiger partial charge in [0.15, 0.2) is 11.9 Å². The molecule has 1 heterocycles. The van der Waals surface area contributed by atoms with Gasteiger partial charge in [0, 0.05) is 0 Å². The zero-order chi connectivity index (χ0) is 9.90. The molecule has 13 heavy (non-hydrogen) atoms. The van der Waals surface area contributed by atoms with E-state index >= 15 is 0 Å². The summed E-state index contributed by atoms with van der Waals surface area (Å²) >= 11 is 0. The first-order valence-electron chi connectivity index (χ1n) is 4.06. The predicted octanol–water partition coefficient (Wildman–Crippen LogP) is 0.921. The first-order chi connectivity index (χ1) is 6.03. The standard InChI is InChI=1S/C8H14O5/c1-8(2)11-4-6(5-12-8)13-7(9)10-3/h6H,4-5H2,1-3H3. The monoisotopic (exact) mass is 190 g/mol. The van der Waals surface area contributed by atoms with Crippen LogP contribution in [0.5, 0.6) is 0 Å². The summed E-state index contributed by atoms with van der Waals surface area (Å²) in [6, 6.07) is 0. The van der Waals surface area contributed by atoms with Crippen LogP contribution in [0.4, 0.5) is 4.79 Å². The van der Waals surface area contributed by atoms with E-state index in [1.54, 1.807) is 13.8 Å². The van der Waals surface area contributed by atoms with Gasteiger partial charge in [0.2, 0.25) is 0 Å². The van der Waals surface area contributed by atoms with Gasteiger partial charge in [-0.3, -0.25) is 0 Å². The fraction of sp³-hybridized carbons (Fsp3) is 0.875. The Kier molecular flexibility index (Phi) is 3.11. The zero-order valence-corrected chi connectivity index (χ0v) is 8.03. The third kappa shape index (κ3) is 3.20. The van der Waals surface area contributed by atoms with Gasteiger partial charge in [-0.2, -0.15) is 0 Å². The molecule has 0 bridgehead atoms. The highest BCUT2D eigenvalue weighted by molar-refractivity contribution is 5.59. The number of carbonyl (C=O) groups is 1. The Morgan fingerprint density at radius 3 is 2.38 bits per heavy atom. The van der Waals surface area contributed by atoms with Crippen LogP contribution in [0, 0.1) is 0 Å². The van der Waals surface area contributed by atoms with Gasteiger partial charge in [-0.1, -0.05) is 0 Å². The molecule has 0 aliphatic carbocycles. The average molecular weight is 190 g/mol. The first-order valence-corrected chi connectivity index (χ1v) is 4.06. The zero-order valence-electron chi connectivity index (χ0n) is 8.03. The fourth-order valence-corrected chi connectivity index (χ4v) is 0.929. The highest BCUT2D eigenvalue weighted by Crippen LogP contribution is 2.18. The van der Waals surface area contributed by atoms with E-state index in [0.717, 1.165) is 0 Å². The molecule has 5 heteroatoms. The molecular weight excluding hydrogens is 176 g/mol. The summed E-state index contributed by atoms with van der Waals surface area (Å²) in [5.41, 5.74) is 0. The molecule has 1 aliphatic heterocycles. The fourth-order valence-electron chi connectivity index (χ4n) is 0.929. The van der Waals surface area contributed by atoms with E-state index in [9.17, 15) is 4.79 Å². The Hall–Kier alpha value is -0.810. The molecule has 0 atom stereocenters. The topological polar surface area (TPSA) is 54.0 Å². The number of hydrogen-bond acceptors (Lipinski definition) is 5. The van der Waals surface area contributed by atoms with E-state index in [-0.39, 0.29) is 6.10 Å². The SMILES string of the molecule is COC(=O)OC1COC(C)(C)OC1. The molecule has 0 aromatic carbocycles. The van der Waals surface area contributed by atoms with Crippen LogP contribution in [0.2, 0.25) is 0 Å². The average Bonchev–Trinajstić information content (AvgIpc) is 2.08. The molecule has 0 amide bonds. The Bertz CT molecular complexity index is 179. The maximum atomic E-state index is 10.7. The minimum atomic E-state index is -0.711. The molecule has 0 saturated carbocycles. The van der Waals surface area contributed by atoms with Crippen LogP contribution in [0.15, 0.2) is 0 Å². The molecule has 0 radical (unpaired) electrons. The van der Waals surface area contributed by atoms with Gasteiger partial charge in [-0.15, -0.1) is 0 Å². The van der Waals surface area contributed by atoms with Crippen molar-refractivity contribution in [3.63, 3.8) is 0 Å². The summed E-state index contributed by atoms with van der Waals surface area (Å²) in [6.45, 7) is 4.28. The normalized spacial score (nSPS) is 22.4. The summed E-state index contributed by atoms with van der Waals surface area (Å²) in [4.78, 5) is 10.7. The van der Waals surface area contributed by atoms with Gasteiger partial charge >= 0.3 is 6.16 Å². The van der Waals surface area contributed by atoms with Gasteiger partial charge in [-0.05, 0) is 13.8 Å². The van der Waals surface area contributed by atoms with Crippen molar-refractivity contribution in [1.82, 2.24) is 0 Å². The molecule has 0 spiro atoms. The lowest BCUT2D eigenvalue weighted by Gasteiger charge is -2.34. The molecule has 5 nitrogen and oxygen atoms in total. The summed E-state index contributed by atoms with van der Waals surface area (Å²) < 4.78 is 19.7. The second-order valence-corrected chi connectivity index (χ2v) is 3.22. The van der Waals surface area contributed by atoms with E-state index in [1.165, 1.54) is 7.11 Å². The Morgan fingerprint density at radius 2 is 1.92 bits per heavy atom. The Balaban J connectivity index is 2.29. The van der Waals surface area contributed by atoms with Gasteiger partial charge in [0.25, 0.3) is 0 Å². The van der Waals surface area contributed by atoms with Crippen LogP contribution in [-0.4, -0.2) is 38.4 Å². The molecule has 76 valence electrons. The van der Waals surface area contributed by atoms with Gasteiger partial charge in [0.1, 0.15) is 0 Å². The van der Waals surface area contributed by atoms with Gasteiger partial charge < -0.3 is 18.9 Å². The minimum absolute atomic E-state index is 0.335. The predicted molar refractivity (Wildman–Crippen MR) is 43.3 cm³/mol. The number of hydrogen-bond donors (Lipinski definition) is 0. The number of ether oxygens (including phenoxy) is 4. The molecule has 1 rings (SSSR count). The highest BCUT2D eigenvalue weighted by Gasteiger charge is 2.30. The van der Waals surface area contributed by atoms with Gasteiger partial charge in [-0.25, -0.2) is 4.79 Å². The summed E-state index contributed by atoms with van der Waals surface area (Å²) in [5, 5.41) is 0. The minimum Gasteiger partial charge on any atom is -0.438 e. The first kappa shape index (κ1) is 10.3. The third-order valence-corrected chi connectivity index (χ3v) is 1.66. The summed E-state index contributed by atoms with van der Waals surface area (Å²) in [6.07, 6.45) is -1.09. The molecule has 0 aromatic rings. The molecule has 1 aliphatic rings. The van der Waals surface area contributed by atoms with Crippen molar-refractivity contribution in [3.05, 3.63) is 0 Å². The van der Waals surface area contributed by atoms with Crippen LogP contribution in [0.1, 0.15) is 13.8 Å². The Morgan fingerprint density at radius 1 is 1.38 bits per heavy atom. The van der Waals surface area contributed by atoms with Crippen molar-refractivity contribution >= 4 is 6.16 Å². The van der Waals surface area contributed by atoms with E-state index in [4.69, 9.17) is 14.2 Å². The maximum Gasteiger partial charge on any atom is 0.508 e. The smallest absolute Gasteiger partial charge is 0.438 e. The second-order valence-electron chi connectivity index (χ2n) is 3.22. The lowest BCUT2D eigenvalue weighted by Crippen LogP contribution is -2.43. The van der Waals surface area contributed by atoms with Crippen molar-refractivity contribution in [1.29, 1.82) is 0 Å². The van der Waals surface area contributed by atoms with Crippen molar-refractivity contribution in [2.75, 3.05) is 20.3 Å². The van der Waals surface area contributed by atoms with Crippen molar-refractivity contribution in [2.24, 2.45) is 0 Å². The molecule has 0 N–H and O–H groups in total. The second kappa shape index (κ2) is 3.93. The van der Waals surface area contributed by atoms with Crippen LogP contribution in [0.3, 0.4) is 0 Å². The molecule has 1 fully saturated rings. The lowest BCUT2D eigenvalue weighted by atomic mass is 10.3. The lowest BCUT2D eigenvalue weighted by molar-refractivity contribution is -0.273. The molecule has 0 unspecified atom stereocenters. The van der Waals surface area contributed by atoms with E-state index in [1.807, 2.05) is 0 Å². The summed E-state index contributed by atoms with van der Waals surface area (Å²) in [7, 11) is 1.26. The third-order valence-electron chi connectivity index (χ3n) is 1.66. The van der Waals surface area contributed by atoms with Crippen molar-refractivity contribution < 1.29 is 23.7 Å².